The molecule has 0 aromatic heterocycles. The van der Waals surface area contributed by atoms with Gasteiger partial charge in [-0.25, -0.2) is 0 Å². The van der Waals surface area contributed by atoms with Crippen LogP contribution in [0, 0.1) is 41.4 Å². The Labute approximate surface area is 179 Å². The molecule has 0 nitrogen and oxygen atoms in total. The quantitative estimate of drug-likeness (QED) is 0.291. The molecule has 2 fully saturated rings. The van der Waals surface area contributed by atoms with E-state index in [0.717, 1.165) is 41.4 Å². The third kappa shape index (κ3) is 8.02. The van der Waals surface area contributed by atoms with Gasteiger partial charge in [0.15, 0.2) is 0 Å². The second-order valence-corrected chi connectivity index (χ2v) is 11.3. The first-order chi connectivity index (χ1) is 13.5. The van der Waals surface area contributed by atoms with Gasteiger partial charge in [-0.1, -0.05) is 105 Å². The number of unbranched alkanes of at least 4 members (excludes halogenated alkanes) is 8. The molecule has 0 heteroatoms. The van der Waals surface area contributed by atoms with Crippen LogP contribution in [0.25, 0.3) is 0 Å². The normalized spacial score (nSPS) is 35.0. The first kappa shape index (κ1) is 24.3. The minimum Gasteiger partial charge on any atom is -0.0654 e. The standard InChI is InChI=1S/C28H54/c1-6-7-8-9-10-11-12-13-14-15-28(26-18-16-22(2)24(4)20-26)27-19-17-23(3)25(5)21-27/h22-28H,6-21H2,1-5H3. The number of hydrogen-bond donors (Lipinski definition) is 0. The molecule has 2 aliphatic rings. The van der Waals surface area contributed by atoms with Crippen molar-refractivity contribution in [2.24, 2.45) is 41.4 Å². The molecule has 2 saturated carbocycles. The Morgan fingerprint density at radius 1 is 0.536 bits per heavy atom. The largest absolute Gasteiger partial charge is 0.0654 e. The monoisotopic (exact) mass is 390 g/mol. The fourth-order valence-electron chi connectivity index (χ4n) is 6.50. The van der Waals surface area contributed by atoms with Gasteiger partial charge in [-0.2, -0.15) is 0 Å². The molecule has 0 amide bonds. The summed E-state index contributed by atoms with van der Waals surface area (Å²) in [6.07, 6.45) is 23.9. The van der Waals surface area contributed by atoms with E-state index in [4.69, 9.17) is 0 Å². The lowest BCUT2D eigenvalue weighted by Gasteiger charge is -2.44. The van der Waals surface area contributed by atoms with Crippen LogP contribution in [0.1, 0.15) is 137 Å². The van der Waals surface area contributed by atoms with Crippen LogP contribution in [0.2, 0.25) is 0 Å². The van der Waals surface area contributed by atoms with Crippen LogP contribution in [-0.4, -0.2) is 0 Å². The Hall–Kier alpha value is 0. The molecule has 0 aromatic carbocycles. The van der Waals surface area contributed by atoms with E-state index in [2.05, 4.69) is 34.6 Å². The molecule has 0 saturated heterocycles. The SMILES string of the molecule is CCCCCCCCCCCC(C1CCC(C)C(C)C1)C1CCC(C)C(C)C1. The smallest absolute Gasteiger partial charge is 0.0357 e. The Kier molecular flexibility index (Phi) is 11.6. The summed E-state index contributed by atoms with van der Waals surface area (Å²) in [5.41, 5.74) is 0. The van der Waals surface area contributed by atoms with E-state index in [1.165, 1.54) is 96.3 Å². The molecule has 0 radical (unpaired) electrons. The predicted octanol–water partition coefficient (Wildman–Crippen LogP) is 9.67. The van der Waals surface area contributed by atoms with Gasteiger partial charge in [0.1, 0.15) is 0 Å². The van der Waals surface area contributed by atoms with Gasteiger partial charge in [0.05, 0.1) is 0 Å². The van der Waals surface area contributed by atoms with Crippen molar-refractivity contribution in [2.45, 2.75) is 137 Å². The molecule has 0 bridgehead atoms. The summed E-state index contributed by atoms with van der Waals surface area (Å²) in [5, 5.41) is 0. The highest BCUT2D eigenvalue weighted by atomic mass is 14.4. The summed E-state index contributed by atoms with van der Waals surface area (Å²) in [4.78, 5) is 0. The minimum atomic E-state index is 0.962. The molecule has 28 heavy (non-hydrogen) atoms. The molecule has 0 heterocycles. The highest BCUT2D eigenvalue weighted by Gasteiger charge is 2.36. The van der Waals surface area contributed by atoms with Crippen molar-refractivity contribution in [3.05, 3.63) is 0 Å². The molecule has 6 atom stereocenters. The Balaban J connectivity index is 1.77. The van der Waals surface area contributed by atoms with E-state index in [1.807, 2.05) is 0 Å². The molecule has 0 aromatic rings. The van der Waals surface area contributed by atoms with Crippen molar-refractivity contribution in [3.63, 3.8) is 0 Å². The van der Waals surface area contributed by atoms with Crippen molar-refractivity contribution in [3.8, 4) is 0 Å². The highest BCUT2D eigenvalue weighted by molar-refractivity contribution is 4.87. The van der Waals surface area contributed by atoms with Gasteiger partial charge < -0.3 is 0 Å². The van der Waals surface area contributed by atoms with Crippen LogP contribution in [0.4, 0.5) is 0 Å². The summed E-state index contributed by atoms with van der Waals surface area (Å²) < 4.78 is 0. The van der Waals surface area contributed by atoms with Crippen LogP contribution in [0.5, 0.6) is 0 Å². The Bertz CT molecular complexity index is 359. The maximum Gasteiger partial charge on any atom is -0.0357 e. The van der Waals surface area contributed by atoms with E-state index in [0.29, 0.717) is 0 Å². The van der Waals surface area contributed by atoms with Gasteiger partial charge in [0.2, 0.25) is 0 Å². The second-order valence-electron chi connectivity index (χ2n) is 11.3. The lowest BCUT2D eigenvalue weighted by Crippen LogP contribution is -2.34. The summed E-state index contributed by atoms with van der Waals surface area (Å²) in [6.45, 7) is 12.4. The van der Waals surface area contributed by atoms with Crippen LogP contribution >= 0.6 is 0 Å². The van der Waals surface area contributed by atoms with Gasteiger partial charge in [0.25, 0.3) is 0 Å². The molecular formula is C28H54. The molecule has 6 unspecified atom stereocenters. The van der Waals surface area contributed by atoms with E-state index in [9.17, 15) is 0 Å². The van der Waals surface area contributed by atoms with Gasteiger partial charge in [0, 0.05) is 0 Å². The highest BCUT2D eigenvalue weighted by Crippen LogP contribution is 2.47. The van der Waals surface area contributed by atoms with Crippen molar-refractivity contribution in [1.82, 2.24) is 0 Å². The number of rotatable bonds is 12. The van der Waals surface area contributed by atoms with E-state index in [1.54, 1.807) is 6.42 Å². The summed E-state index contributed by atoms with van der Waals surface area (Å²) in [5.74, 6) is 7.00. The summed E-state index contributed by atoms with van der Waals surface area (Å²) in [7, 11) is 0. The summed E-state index contributed by atoms with van der Waals surface area (Å²) in [6, 6.07) is 0. The zero-order valence-electron chi connectivity index (χ0n) is 20.4. The Morgan fingerprint density at radius 3 is 1.39 bits per heavy atom. The third-order valence-electron chi connectivity index (χ3n) is 9.13. The zero-order valence-corrected chi connectivity index (χ0v) is 20.4. The van der Waals surface area contributed by atoms with Crippen LogP contribution in [0.3, 0.4) is 0 Å². The van der Waals surface area contributed by atoms with Crippen LogP contribution in [0.15, 0.2) is 0 Å². The van der Waals surface area contributed by atoms with Crippen molar-refractivity contribution in [2.75, 3.05) is 0 Å². The molecular weight excluding hydrogens is 336 g/mol. The zero-order chi connectivity index (χ0) is 20.4. The lowest BCUT2D eigenvalue weighted by molar-refractivity contribution is 0.0680. The van der Waals surface area contributed by atoms with Crippen molar-refractivity contribution >= 4 is 0 Å². The average Bonchev–Trinajstić information content (AvgIpc) is 2.68. The predicted molar refractivity (Wildman–Crippen MR) is 127 cm³/mol. The van der Waals surface area contributed by atoms with Gasteiger partial charge >= 0.3 is 0 Å². The van der Waals surface area contributed by atoms with E-state index >= 15 is 0 Å². The van der Waals surface area contributed by atoms with Crippen LogP contribution < -0.4 is 0 Å². The minimum absolute atomic E-state index is 0.962. The second kappa shape index (κ2) is 13.3. The average molecular weight is 391 g/mol. The maximum absolute atomic E-state index is 2.54. The van der Waals surface area contributed by atoms with Gasteiger partial charge in [-0.3, -0.25) is 0 Å². The topological polar surface area (TPSA) is 0 Å². The first-order valence-corrected chi connectivity index (χ1v) is 13.5. The molecule has 166 valence electrons. The maximum atomic E-state index is 2.54. The van der Waals surface area contributed by atoms with Crippen molar-refractivity contribution < 1.29 is 0 Å². The van der Waals surface area contributed by atoms with Gasteiger partial charge in [-0.05, 0) is 73.5 Å². The van der Waals surface area contributed by atoms with E-state index < -0.39 is 0 Å². The summed E-state index contributed by atoms with van der Waals surface area (Å²) >= 11 is 0. The number of hydrogen-bond acceptors (Lipinski definition) is 0. The van der Waals surface area contributed by atoms with Crippen molar-refractivity contribution in [1.29, 1.82) is 0 Å². The van der Waals surface area contributed by atoms with E-state index in [-0.39, 0.29) is 0 Å². The fourth-order valence-corrected chi connectivity index (χ4v) is 6.50. The first-order valence-electron chi connectivity index (χ1n) is 13.5. The molecule has 2 rings (SSSR count). The molecule has 2 aliphatic carbocycles. The molecule has 0 spiro atoms. The third-order valence-corrected chi connectivity index (χ3v) is 9.13. The molecule has 0 aliphatic heterocycles. The fraction of sp³-hybridized carbons (Fsp3) is 1.00. The van der Waals surface area contributed by atoms with Crippen LogP contribution in [-0.2, 0) is 0 Å². The molecule has 0 N–H and O–H groups in total. The Morgan fingerprint density at radius 2 is 0.964 bits per heavy atom. The lowest BCUT2D eigenvalue weighted by atomic mass is 9.62. The van der Waals surface area contributed by atoms with Gasteiger partial charge in [-0.15, -0.1) is 0 Å².